The number of carbonyl (C=O) groups excluding carboxylic acids is 1. The second kappa shape index (κ2) is 8.17. The van der Waals surface area contributed by atoms with Crippen molar-refractivity contribution in [2.24, 2.45) is 0 Å². The zero-order chi connectivity index (χ0) is 15.1. The molecular weight excluding hydrogens is 383 g/mol. The molecule has 21 heavy (non-hydrogen) atoms. The minimum absolute atomic E-state index is 0.178. The van der Waals surface area contributed by atoms with Crippen LogP contribution >= 0.6 is 22.6 Å². The lowest BCUT2D eigenvalue weighted by atomic mass is 10.1. The molecule has 1 aromatic carbocycles. The van der Waals surface area contributed by atoms with E-state index >= 15 is 0 Å². The van der Waals surface area contributed by atoms with Gasteiger partial charge in [0.25, 0.3) is 0 Å². The van der Waals surface area contributed by atoms with Crippen molar-refractivity contribution in [2.75, 3.05) is 11.0 Å². The number of esters is 1. The van der Waals surface area contributed by atoms with E-state index < -0.39 is 12.4 Å². The van der Waals surface area contributed by atoms with Crippen molar-refractivity contribution in [1.82, 2.24) is 0 Å². The summed E-state index contributed by atoms with van der Waals surface area (Å²) < 4.78 is 17.2. The first-order chi connectivity index (χ1) is 10.2. The molecule has 110 valence electrons. The largest absolute Gasteiger partial charge is 0.452 e. The summed E-state index contributed by atoms with van der Waals surface area (Å²) in [5.74, 6) is 2.02. The van der Waals surface area contributed by atoms with E-state index in [1.165, 1.54) is 0 Å². The summed E-state index contributed by atoms with van der Waals surface area (Å²) in [5, 5.41) is 0. The van der Waals surface area contributed by atoms with Gasteiger partial charge in [0.2, 0.25) is 0 Å². The predicted molar refractivity (Wildman–Crippen MR) is 87.1 cm³/mol. The zero-order valence-corrected chi connectivity index (χ0v) is 13.4. The van der Waals surface area contributed by atoms with E-state index in [4.69, 9.17) is 20.6 Å². The Hall–Kier alpha value is -1.36. The van der Waals surface area contributed by atoms with Crippen LogP contribution in [0.1, 0.15) is 10.4 Å². The molecule has 0 fully saturated rings. The Kier molecular flexibility index (Phi) is 6.23. The molecule has 1 aromatic rings. The van der Waals surface area contributed by atoms with Gasteiger partial charge in [-0.2, -0.15) is 0 Å². The minimum atomic E-state index is -0.493. The molecule has 0 N–H and O–H groups in total. The van der Waals surface area contributed by atoms with Crippen LogP contribution in [0.3, 0.4) is 0 Å². The molecule has 0 aliphatic carbocycles. The lowest BCUT2D eigenvalue weighted by Crippen LogP contribution is -2.40. The van der Waals surface area contributed by atoms with E-state index in [1.807, 2.05) is 6.07 Å². The standard InChI is InChI=1S/C16H15IO4/c1-2-10-19-15-9-8-13(14(11-17)20-15)21-16(18)12-6-4-3-5-7-12/h1,3-9,13-15H,10-11H2/t13-,14+,15-/m0/s1. The first-order valence-corrected chi connectivity index (χ1v) is 7.98. The maximum Gasteiger partial charge on any atom is 0.338 e. The molecule has 5 heteroatoms. The van der Waals surface area contributed by atoms with Crippen molar-refractivity contribution in [2.45, 2.75) is 18.5 Å². The average molecular weight is 398 g/mol. The summed E-state index contributed by atoms with van der Waals surface area (Å²) in [5.41, 5.74) is 0.517. The van der Waals surface area contributed by atoms with Gasteiger partial charge in [0.05, 0.1) is 5.56 Å². The van der Waals surface area contributed by atoms with Gasteiger partial charge in [-0.05, 0) is 24.3 Å². The van der Waals surface area contributed by atoms with Gasteiger partial charge in [0, 0.05) is 4.43 Å². The fraction of sp³-hybridized carbons (Fsp3) is 0.312. The second-order valence-corrected chi connectivity index (χ2v) is 5.21. The van der Waals surface area contributed by atoms with Crippen LogP contribution in [0.2, 0.25) is 0 Å². The number of terminal acetylenes is 1. The van der Waals surface area contributed by atoms with Gasteiger partial charge in [-0.25, -0.2) is 4.79 Å². The molecule has 0 bridgehead atoms. The Bertz CT molecular complexity index is 535. The van der Waals surface area contributed by atoms with E-state index in [0.717, 1.165) is 0 Å². The first-order valence-electron chi connectivity index (χ1n) is 6.45. The summed E-state index contributed by atoms with van der Waals surface area (Å²) in [7, 11) is 0. The van der Waals surface area contributed by atoms with Crippen molar-refractivity contribution < 1.29 is 19.0 Å². The van der Waals surface area contributed by atoms with Crippen LogP contribution in [0.5, 0.6) is 0 Å². The summed E-state index contributed by atoms with van der Waals surface area (Å²) in [6, 6.07) is 8.87. The SMILES string of the molecule is C#CCO[C@@H]1C=C[C@H](OC(=O)c2ccccc2)[C@@H](CI)O1. The third kappa shape index (κ3) is 4.56. The molecule has 2 rings (SSSR count). The molecule has 0 spiro atoms. The van der Waals surface area contributed by atoms with Crippen LogP contribution in [0.15, 0.2) is 42.5 Å². The average Bonchev–Trinajstić information content (AvgIpc) is 2.54. The molecule has 0 aromatic heterocycles. The van der Waals surface area contributed by atoms with Gasteiger partial charge < -0.3 is 14.2 Å². The Morgan fingerprint density at radius 1 is 1.33 bits per heavy atom. The van der Waals surface area contributed by atoms with Crippen LogP contribution in [-0.4, -0.2) is 35.5 Å². The summed E-state index contributed by atoms with van der Waals surface area (Å²) in [6.45, 7) is 0.178. The number of carbonyl (C=O) groups is 1. The Balaban J connectivity index is 1.99. The Morgan fingerprint density at radius 3 is 2.76 bits per heavy atom. The van der Waals surface area contributed by atoms with Crippen molar-refractivity contribution in [3.63, 3.8) is 0 Å². The van der Waals surface area contributed by atoms with Gasteiger partial charge in [0.1, 0.15) is 18.8 Å². The predicted octanol–water partition coefficient (Wildman–Crippen LogP) is 2.58. The third-order valence-corrected chi connectivity index (χ3v) is 3.74. The number of hydrogen-bond acceptors (Lipinski definition) is 4. The highest BCUT2D eigenvalue weighted by molar-refractivity contribution is 14.1. The highest BCUT2D eigenvalue weighted by Gasteiger charge is 2.29. The molecule has 1 aliphatic heterocycles. The number of halogens is 1. The molecule has 0 amide bonds. The van der Waals surface area contributed by atoms with Gasteiger partial charge in [-0.3, -0.25) is 0 Å². The monoisotopic (exact) mass is 398 g/mol. The highest BCUT2D eigenvalue weighted by atomic mass is 127. The molecule has 0 unspecified atom stereocenters. The summed E-state index contributed by atoms with van der Waals surface area (Å²) in [6.07, 6.45) is 7.46. The number of ether oxygens (including phenoxy) is 3. The minimum Gasteiger partial charge on any atom is -0.452 e. The van der Waals surface area contributed by atoms with Crippen molar-refractivity contribution in [3.8, 4) is 12.3 Å². The fourth-order valence-electron chi connectivity index (χ4n) is 1.85. The topological polar surface area (TPSA) is 44.8 Å². The molecule has 0 radical (unpaired) electrons. The number of hydrogen-bond donors (Lipinski definition) is 0. The Morgan fingerprint density at radius 2 is 2.10 bits per heavy atom. The maximum absolute atomic E-state index is 12.1. The van der Waals surface area contributed by atoms with Crippen LogP contribution in [0.25, 0.3) is 0 Å². The Labute approximate surface area is 137 Å². The van der Waals surface area contributed by atoms with E-state index in [0.29, 0.717) is 9.99 Å². The first kappa shape index (κ1) is 16.0. The summed E-state index contributed by atoms with van der Waals surface area (Å²) >= 11 is 2.19. The van der Waals surface area contributed by atoms with Gasteiger partial charge in [0.15, 0.2) is 6.29 Å². The van der Waals surface area contributed by atoms with Crippen LogP contribution < -0.4 is 0 Å². The van der Waals surface area contributed by atoms with Crippen LogP contribution in [0, 0.1) is 12.3 Å². The second-order valence-electron chi connectivity index (χ2n) is 4.33. The molecule has 4 nitrogen and oxygen atoms in total. The van der Waals surface area contributed by atoms with Crippen molar-refractivity contribution in [1.29, 1.82) is 0 Å². The highest BCUT2D eigenvalue weighted by Crippen LogP contribution is 2.20. The van der Waals surface area contributed by atoms with Crippen LogP contribution in [-0.2, 0) is 14.2 Å². The lowest BCUT2D eigenvalue weighted by Gasteiger charge is -2.30. The molecular formula is C16H15IO4. The summed E-state index contributed by atoms with van der Waals surface area (Å²) in [4.78, 5) is 12.1. The zero-order valence-electron chi connectivity index (χ0n) is 11.3. The molecule has 1 heterocycles. The van der Waals surface area contributed by atoms with E-state index in [2.05, 4.69) is 28.5 Å². The number of alkyl halides is 1. The molecule has 1 aliphatic rings. The van der Waals surface area contributed by atoms with E-state index in [9.17, 15) is 4.79 Å². The fourth-order valence-corrected chi connectivity index (χ4v) is 2.56. The van der Waals surface area contributed by atoms with Crippen LogP contribution in [0.4, 0.5) is 0 Å². The number of benzene rings is 1. The molecule has 0 saturated heterocycles. The lowest BCUT2D eigenvalue weighted by molar-refractivity contribution is -0.157. The normalized spacial score (nSPS) is 24.3. The van der Waals surface area contributed by atoms with Gasteiger partial charge in [-0.15, -0.1) is 6.42 Å². The van der Waals surface area contributed by atoms with Gasteiger partial charge in [-0.1, -0.05) is 46.7 Å². The van der Waals surface area contributed by atoms with E-state index in [1.54, 1.807) is 36.4 Å². The molecule has 0 saturated carbocycles. The van der Waals surface area contributed by atoms with Crippen molar-refractivity contribution >= 4 is 28.6 Å². The number of rotatable bonds is 5. The molecule has 3 atom stereocenters. The third-order valence-electron chi connectivity index (χ3n) is 2.87. The smallest absolute Gasteiger partial charge is 0.338 e. The van der Waals surface area contributed by atoms with Gasteiger partial charge >= 0.3 is 5.97 Å². The van der Waals surface area contributed by atoms with Crippen molar-refractivity contribution in [3.05, 3.63) is 48.0 Å². The quantitative estimate of drug-likeness (QED) is 0.252. The maximum atomic E-state index is 12.1. The van der Waals surface area contributed by atoms with E-state index in [-0.39, 0.29) is 18.7 Å².